The molecular formula is C7H11F3N2O2. The van der Waals surface area contributed by atoms with E-state index < -0.39 is 24.8 Å². The van der Waals surface area contributed by atoms with Crippen molar-refractivity contribution in [3.63, 3.8) is 0 Å². The number of carbonyl (C=O) groups excluding carboxylic acids is 2. The fourth-order valence-corrected chi connectivity index (χ4v) is 0.530. The minimum absolute atomic E-state index is 0.327. The molecule has 1 unspecified atom stereocenters. The summed E-state index contributed by atoms with van der Waals surface area (Å²) < 4.78 is 34.8. The Hall–Kier alpha value is -1.27. The zero-order valence-corrected chi connectivity index (χ0v) is 7.73. The number of urea groups is 1. The molecule has 4 nitrogen and oxygen atoms in total. The summed E-state index contributed by atoms with van der Waals surface area (Å²) in [6, 6.07) is -1.80. The van der Waals surface area contributed by atoms with Crippen molar-refractivity contribution in [2.24, 2.45) is 0 Å². The van der Waals surface area contributed by atoms with Gasteiger partial charge >= 0.3 is 12.2 Å². The van der Waals surface area contributed by atoms with Gasteiger partial charge < -0.3 is 10.6 Å². The van der Waals surface area contributed by atoms with Crippen LogP contribution >= 0.6 is 0 Å². The van der Waals surface area contributed by atoms with E-state index in [0.29, 0.717) is 0 Å². The number of Topliss-reactive ketones (excluding diaryl/α,β-unsaturated/α-hetero) is 1. The SMILES string of the molecule is CC(=O)C(C)NC(=O)NCC(F)(F)F. The molecule has 0 radical (unpaired) electrons. The lowest BCUT2D eigenvalue weighted by atomic mass is 10.2. The predicted molar refractivity (Wildman–Crippen MR) is 42.7 cm³/mol. The van der Waals surface area contributed by atoms with Gasteiger partial charge in [-0.15, -0.1) is 0 Å². The minimum atomic E-state index is -4.45. The van der Waals surface area contributed by atoms with Crippen LogP contribution in [0.3, 0.4) is 0 Å². The first kappa shape index (κ1) is 12.7. The van der Waals surface area contributed by atoms with Crippen LogP contribution < -0.4 is 10.6 Å². The van der Waals surface area contributed by atoms with Crippen molar-refractivity contribution in [1.29, 1.82) is 0 Å². The zero-order valence-electron chi connectivity index (χ0n) is 7.73. The molecule has 0 aliphatic heterocycles. The Bertz CT molecular complexity index is 227. The van der Waals surface area contributed by atoms with Gasteiger partial charge in [0, 0.05) is 0 Å². The van der Waals surface area contributed by atoms with E-state index in [1.54, 1.807) is 5.32 Å². The molecule has 7 heteroatoms. The smallest absolute Gasteiger partial charge is 0.329 e. The lowest BCUT2D eigenvalue weighted by Crippen LogP contribution is -2.46. The first-order chi connectivity index (χ1) is 6.22. The van der Waals surface area contributed by atoms with Crippen molar-refractivity contribution in [3.8, 4) is 0 Å². The lowest BCUT2D eigenvalue weighted by molar-refractivity contribution is -0.122. The number of hydrogen-bond donors (Lipinski definition) is 2. The molecule has 0 fully saturated rings. The van der Waals surface area contributed by atoms with Crippen LogP contribution in [0, 0.1) is 0 Å². The highest BCUT2D eigenvalue weighted by atomic mass is 19.4. The molecule has 0 saturated carbocycles. The highest BCUT2D eigenvalue weighted by molar-refractivity contribution is 5.86. The fourth-order valence-electron chi connectivity index (χ4n) is 0.530. The van der Waals surface area contributed by atoms with Crippen LogP contribution in [0.1, 0.15) is 13.8 Å². The van der Waals surface area contributed by atoms with Gasteiger partial charge in [0.1, 0.15) is 6.54 Å². The molecule has 2 N–H and O–H groups in total. The summed E-state index contributed by atoms with van der Waals surface area (Å²) in [4.78, 5) is 21.3. The van der Waals surface area contributed by atoms with Crippen molar-refractivity contribution in [2.45, 2.75) is 26.1 Å². The van der Waals surface area contributed by atoms with Gasteiger partial charge in [-0.25, -0.2) is 4.79 Å². The second kappa shape index (κ2) is 4.83. The molecule has 0 saturated heterocycles. The maximum absolute atomic E-state index is 11.6. The molecule has 0 aliphatic carbocycles. The summed E-state index contributed by atoms with van der Waals surface area (Å²) in [5.74, 6) is -0.327. The second-order valence-corrected chi connectivity index (χ2v) is 2.77. The number of nitrogens with one attached hydrogen (secondary N) is 2. The predicted octanol–water partition coefficient (Wildman–Crippen LogP) is 0.825. The Morgan fingerprint density at radius 2 is 1.86 bits per heavy atom. The average molecular weight is 212 g/mol. The third-order valence-electron chi connectivity index (χ3n) is 1.41. The van der Waals surface area contributed by atoms with E-state index in [2.05, 4.69) is 5.32 Å². The van der Waals surface area contributed by atoms with Crippen LogP contribution in [0.5, 0.6) is 0 Å². The highest BCUT2D eigenvalue weighted by Crippen LogP contribution is 2.11. The molecule has 0 aromatic heterocycles. The molecule has 0 aromatic rings. The van der Waals surface area contributed by atoms with E-state index in [4.69, 9.17) is 0 Å². The Morgan fingerprint density at radius 3 is 2.21 bits per heavy atom. The Morgan fingerprint density at radius 1 is 1.36 bits per heavy atom. The van der Waals surface area contributed by atoms with Crippen LogP contribution in [0.2, 0.25) is 0 Å². The van der Waals surface area contributed by atoms with Gasteiger partial charge in [-0.3, -0.25) is 4.79 Å². The summed E-state index contributed by atoms with van der Waals surface area (Å²) in [6.45, 7) is 1.20. The Balaban J connectivity index is 3.83. The molecular weight excluding hydrogens is 201 g/mol. The third-order valence-corrected chi connectivity index (χ3v) is 1.41. The van der Waals surface area contributed by atoms with E-state index in [9.17, 15) is 22.8 Å². The molecule has 0 bridgehead atoms. The molecule has 14 heavy (non-hydrogen) atoms. The van der Waals surface area contributed by atoms with E-state index in [-0.39, 0.29) is 5.78 Å². The number of rotatable bonds is 3. The maximum atomic E-state index is 11.6. The van der Waals surface area contributed by atoms with Crippen molar-refractivity contribution >= 4 is 11.8 Å². The van der Waals surface area contributed by atoms with Gasteiger partial charge in [0.05, 0.1) is 6.04 Å². The topological polar surface area (TPSA) is 58.2 Å². The largest absolute Gasteiger partial charge is 0.405 e. The van der Waals surface area contributed by atoms with Gasteiger partial charge in [-0.2, -0.15) is 13.2 Å². The first-order valence-corrected chi connectivity index (χ1v) is 3.84. The quantitative estimate of drug-likeness (QED) is 0.727. The van der Waals surface area contributed by atoms with Crippen LogP contribution in [0.25, 0.3) is 0 Å². The summed E-state index contributed by atoms with van der Waals surface area (Å²) in [6.07, 6.45) is -4.45. The molecule has 0 rings (SSSR count). The van der Waals surface area contributed by atoms with Gasteiger partial charge in [-0.1, -0.05) is 0 Å². The molecule has 0 spiro atoms. The third kappa shape index (κ3) is 6.27. The van der Waals surface area contributed by atoms with Crippen molar-refractivity contribution in [3.05, 3.63) is 0 Å². The van der Waals surface area contributed by atoms with E-state index in [1.165, 1.54) is 13.8 Å². The average Bonchev–Trinajstić information content (AvgIpc) is 1.99. The van der Waals surface area contributed by atoms with Crippen LogP contribution in [-0.2, 0) is 4.79 Å². The number of carbonyl (C=O) groups is 2. The summed E-state index contributed by atoms with van der Waals surface area (Å²) in [5, 5.41) is 3.63. The van der Waals surface area contributed by atoms with Gasteiger partial charge in [-0.05, 0) is 13.8 Å². The standard InChI is InChI=1S/C7H11F3N2O2/c1-4(5(2)13)12-6(14)11-3-7(8,9)10/h4H,3H2,1-2H3,(H2,11,12,14). The summed E-state index contributed by atoms with van der Waals surface area (Å²) >= 11 is 0. The number of ketones is 1. The van der Waals surface area contributed by atoms with Crippen molar-refractivity contribution < 1.29 is 22.8 Å². The molecule has 2 amide bonds. The van der Waals surface area contributed by atoms with Gasteiger partial charge in [0.15, 0.2) is 5.78 Å². The Labute approximate surface area is 78.8 Å². The Kier molecular flexibility index (Phi) is 4.39. The monoisotopic (exact) mass is 212 g/mol. The van der Waals surface area contributed by atoms with Crippen LogP contribution in [0.15, 0.2) is 0 Å². The van der Waals surface area contributed by atoms with Gasteiger partial charge in [0.25, 0.3) is 0 Å². The van der Waals surface area contributed by atoms with E-state index >= 15 is 0 Å². The number of amides is 2. The van der Waals surface area contributed by atoms with Crippen LogP contribution in [0.4, 0.5) is 18.0 Å². The van der Waals surface area contributed by atoms with E-state index in [0.717, 1.165) is 0 Å². The molecule has 0 aromatic carbocycles. The molecule has 82 valence electrons. The normalized spacial score (nSPS) is 13.2. The summed E-state index contributed by atoms with van der Waals surface area (Å²) in [7, 11) is 0. The second-order valence-electron chi connectivity index (χ2n) is 2.77. The van der Waals surface area contributed by atoms with Crippen LogP contribution in [-0.4, -0.2) is 30.6 Å². The lowest BCUT2D eigenvalue weighted by Gasteiger charge is -2.12. The number of halogens is 3. The molecule has 1 atom stereocenters. The minimum Gasteiger partial charge on any atom is -0.329 e. The molecule has 0 aliphatic rings. The number of hydrogen-bond acceptors (Lipinski definition) is 2. The zero-order chi connectivity index (χ0) is 11.4. The summed E-state index contributed by atoms with van der Waals surface area (Å²) in [5.41, 5.74) is 0. The maximum Gasteiger partial charge on any atom is 0.405 e. The van der Waals surface area contributed by atoms with Gasteiger partial charge in [0.2, 0.25) is 0 Å². The van der Waals surface area contributed by atoms with Crippen molar-refractivity contribution in [1.82, 2.24) is 10.6 Å². The van der Waals surface area contributed by atoms with E-state index in [1.807, 2.05) is 0 Å². The highest BCUT2D eigenvalue weighted by Gasteiger charge is 2.27. The fraction of sp³-hybridized carbons (Fsp3) is 0.714. The molecule has 0 heterocycles. The van der Waals surface area contributed by atoms with Crippen molar-refractivity contribution in [2.75, 3.05) is 6.54 Å². The number of alkyl halides is 3. The first-order valence-electron chi connectivity index (χ1n) is 3.84.